The number of para-hydroxylation sites is 1. The van der Waals surface area contributed by atoms with Crippen LogP contribution >= 0.6 is 0 Å². The van der Waals surface area contributed by atoms with Crippen LogP contribution in [0.5, 0.6) is 0 Å². The molecule has 0 aliphatic carbocycles. The van der Waals surface area contributed by atoms with E-state index in [0.717, 1.165) is 5.56 Å². The van der Waals surface area contributed by atoms with Gasteiger partial charge < -0.3 is 14.2 Å². The summed E-state index contributed by atoms with van der Waals surface area (Å²) < 4.78 is 16.3. The van der Waals surface area contributed by atoms with Gasteiger partial charge in [0.25, 0.3) is 0 Å². The second kappa shape index (κ2) is 9.10. The maximum absolute atomic E-state index is 13.8. The molecule has 2 aliphatic heterocycles. The minimum Gasteiger partial charge on any atom is -0.468 e. The van der Waals surface area contributed by atoms with E-state index >= 15 is 0 Å². The highest BCUT2D eigenvalue weighted by Crippen LogP contribution is 2.54. The molecule has 0 saturated carbocycles. The van der Waals surface area contributed by atoms with Crippen LogP contribution in [0.15, 0.2) is 54.6 Å². The Morgan fingerprint density at radius 1 is 1.06 bits per heavy atom. The SMILES string of the molecule is CCOC(=O)N1c2ccccc2[C@]2(C(=O)OC(C)C)C[C@](Cc3ccccc3)(C(=O)OC)N[C@H]12. The Balaban J connectivity index is 1.90. The van der Waals surface area contributed by atoms with E-state index in [9.17, 15) is 14.4 Å². The minimum absolute atomic E-state index is 0.0602. The van der Waals surface area contributed by atoms with Crippen molar-refractivity contribution in [3.63, 3.8) is 0 Å². The summed E-state index contributed by atoms with van der Waals surface area (Å²) in [7, 11) is 1.32. The summed E-state index contributed by atoms with van der Waals surface area (Å²) in [5.41, 5.74) is -0.530. The molecule has 3 atom stereocenters. The number of anilines is 1. The molecule has 1 amide bonds. The van der Waals surface area contributed by atoms with Gasteiger partial charge in [-0.15, -0.1) is 0 Å². The average Bonchev–Trinajstić information content (AvgIpc) is 3.29. The third kappa shape index (κ3) is 3.72. The number of amides is 1. The Labute approximate surface area is 199 Å². The van der Waals surface area contributed by atoms with Crippen molar-refractivity contribution in [2.75, 3.05) is 18.6 Å². The molecule has 0 unspecified atom stereocenters. The van der Waals surface area contributed by atoms with Crippen LogP contribution in [0.25, 0.3) is 0 Å². The molecule has 0 spiro atoms. The van der Waals surface area contributed by atoms with Crippen LogP contribution in [0.2, 0.25) is 0 Å². The zero-order valence-electron chi connectivity index (χ0n) is 19.9. The van der Waals surface area contributed by atoms with Crippen LogP contribution in [0.4, 0.5) is 10.5 Å². The van der Waals surface area contributed by atoms with Gasteiger partial charge in [0.05, 0.1) is 25.5 Å². The number of ether oxygens (including phenoxy) is 3. The molecule has 34 heavy (non-hydrogen) atoms. The second-order valence-corrected chi connectivity index (χ2v) is 8.97. The van der Waals surface area contributed by atoms with E-state index in [1.54, 1.807) is 39.0 Å². The number of esters is 2. The van der Waals surface area contributed by atoms with Crippen LogP contribution in [0.1, 0.15) is 38.3 Å². The predicted molar refractivity (Wildman–Crippen MR) is 125 cm³/mol. The van der Waals surface area contributed by atoms with Crippen LogP contribution in [-0.2, 0) is 35.6 Å². The van der Waals surface area contributed by atoms with E-state index in [1.165, 1.54) is 12.0 Å². The van der Waals surface area contributed by atoms with Crippen molar-refractivity contribution >= 4 is 23.7 Å². The number of carbonyl (C=O) groups excluding carboxylic acids is 3. The summed E-state index contributed by atoms with van der Waals surface area (Å²) in [6.45, 7) is 5.43. The maximum Gasteiger partial charge on any atom is 0.415 e. The van der Waals surface area contributed by atoms with Crippen molar-refractivity contribution < 1.29 is 28.6 Å². The zero-order valence-corrected chi connectivity index (χ0v) is 19.9. The van der Waals surface area contributed by atoms with Gasteiger partial charge in [0, 0.05) is 12.8 Å². The van der Waals surface area contributed by atoms with Crippen LogP contribution < -0.4 is 10.2 Å². The topological polar surface area (TPSA) is 94.2 Å². The van der Waals surface area contributed by atoms with Crippen LogP contribution in [0.3, 0.4) is 0 Å². The largest absolute Gasteiger partial charge is 0.468 e. The Kier molecular flexibility index (Phi) is 6.36. The maximum atomic E-state index is 13.8. The fourth-order valence-electron chi connectivity index (χ4n) is 5.20. The van der Waals surface area contributed by atoms with Crippen molar-refractivity contribution in [2.45, 2.75) is 56.8 Å². The fraction of sp³-hybridized carbons (Fsp3) is 0.423. The lowest BCUT2D eigenvalue weighted by atomic mass is 9.73. The summed E-state index contributed by atoms with van der Waals surface area (Å²) in [4.78, 5) is 41.7. The molecule has 2 heterocycles. The Morgan fingerprint density at radius 2 is 1.74 bits per heavy atom. The highest BCUT2D eigenvalue weighted by atomic mass is 16.6. The number of nitrogens with one attached hydrogen (secondary N) is 1. The van der Waals surface area contributed by atoms with Crippen molar-refractivity contribution in [1.29, 1.82) is 0 Å². The first-order chi connectivity index (χ1) is 16.3. The minimum atomic E-state index is -1.32. The molecule has 2 aromatic carbocycles. The molecule has 2 aliphatic rings. The number of hydrogen-bond donors (Lipinski definition) is 1. The molecule has 8 heteroatoms. The average molecular weight is 467 g/mol. The lowest BCUT2D eigenvalue weighted by molar-refractivity contribution is -0.155. The van der Waals surface area contributed by atoms with Gasteiger partial charge in [0.1, 0.15) is 17.1 Å². The molecule has 1 N–H and O–H groups in total. The molecular weight excluding hydrogens is 436 g/mol. The summed E-state index contributed by atoms with van der Waals surface area (Å²) in [5.74, 6) is -1.01. The van der Waals surface area contributed by atoms with Gasteiger partial charge in [0.15, 0.2) is 0 Å². The van der Waals surface area contributed by atoms with Crippen molar-refractivity contribution in [3.8, 4) is 0 Å². The zero-order chi connectivity index (χ0) is 24.5. The summed E-state index contributed by atoms with van der Waals surface area (Å²) >= 11 is 0. The number of methoxy groups -OCH3 is 1. The van der Waals surface area contributed by atoms with Crippen molar-refractivity contribution in [1.82, 2.24) is 5.32 Å². The highest BCUT2D eigenvalue weighted by molar-refractivity contribution is 6.01. The monoisotopic (exact) mass is 466 g/mol. The second-order valence-electron chi connectivity index (χ2n) is 8.97. The normalized spacial score (nSPS) is 25.0. The number of carbonyl (C=O) groups is 3. The standard InChI is InChI=1S/C26H30N2O6/c1-5-33-24(31)28-20-14-10-9-13-19(20)26(23(30)34-17(2)3)16-25(22(29)32-4,27-21(26)28)15-18-11-7-6-8-12-18/h6-14,17,21,27H,5,15-16H2,1-4H3/t21-,25-,26-/m1/s1. The first-order valence-electron chi connectivity index (χ1n) is 11.5. The Morgan fingerprint density at radius 3 is 2.38 bits per heavy atom. The van der Waals surface area contributed by atoms with E-state index in [4.69, 9.17) is 14.2 Å². The third-order valence-corrected chi connectivity index (χ3v) is 6.46. The van der Waals surface area contributed by atoms with Gasteiger partial charge in [-0.05, 0) is 38.0 Å². The molecule has 0 bridgehead atoms. The number of benzene rings is 2. The Hall–Kier alpha value is -3.39. The number of nitrogens with zero attached hydrogens (tertiary/aromatic N) is 1. The summed E-state index contributed by atoms with van der Waals surface area (Å²) in [6.07, 6.45) is -1.55. The van der Waals surface area contributed by atoms with Crippen molar-refractivity contribution in [2.24, 2.45) is 0 Å². The first-order valence-corrected chi connectivity index (χ1v) is 11.5. The molecule has 1 saturated heterocycles. The summed E-state index contributed by atoms with van der Waals surface area (Å²) in [5, 5.41) is 3.35. The van der Waals surface area contributed by atoms with Gasteiger partial charge in [-0.25, -0.2) is 4.79 Å². The number of hydrogen-bond acceptors (Lipinski definition) is 7. The molecule has 8 nitrogen and oxygen atoms in total. The predicted octanol–water partition coefficient (Wildman–Crippen LogP) is 3.33. The van der Waals surface area contributed by atoms with E-state index < -0.39 is 35.2 Å². The van der Waals surface area contributed by atoms with Crippen LogP contribution in [-0.4, -0.2) is 49.6 Å². The highest BCUT2D eigenvalue weighted by Gasteiger charge is 2.70. The van der Waals surface area contributed by atoms with Crippen molar-refractivity contribution in [3.05, 3.63) is 65.7 Å². The Bertz CT molecular complexity index is 1090. The number of rotatable bonds is 6. The first kappa shape index (κ1) is 23.8. The molecule has 0 radical (unpaired) electrons. The quantitative estimate of drug-likeness (QED) is 0.516. The smallest absolute Gasteiger partial charge is 0.415 e. The van der Waals surface area contributed by atoms with E-state index in [2.05, 4.69) is 5.32 Å². The van der Waals surface area contributed by atoms with Gasteiger partial charge in [-0.3, -0.25) is 19.8 Å². The lowest BCUT2D eigenvalue weighted by Crippen LogP contribution is -2.58. The molecule has 0 aromatic heterocycles. The van der Waals surface area contributed by atoms with Crippen LogP contribution in [0, 0.1) is 0 Å². The fourth-order valence-corrected chi connectivity index (χ4v) is 5.20. The molecule has 180 valence electrons. The lowest BCUT2D eigenvalue weighted by Gasteiger charge is -2.31. The van der Waals surface area contributed by atoms with Gasteiger partial charge in [-0.2, -0.15) is 0 Å². The third-order valence-electron chi connectivity index (χ3n) is 6.46. The van der Waals surface area contributed by atoms with Gasteiger partial charge in [-0.1, -0.05) is 48.5 Å². The molecule has 2 aromatic rings. The number of fused-ring (bicyclic) bond motifs is 3. The van der Waals surface area contributed by atoms with E-state index in [0.29, 0.717) is 11.3 Å². The summed E-state index contributed by atoms with van der Waals surface area (Å²) in [6, 6.07) is 16.7. The van der Waals surface area contributed by atoms with E-state index in [1.807, 2.05) is 36.4 Å². The van der Waals surface area contributed by atoms with Gasteiger partial charge >= 0.3 is 18.0 Å². The molecule has 4 rings (SSSR count). The van der Waals surface area contributed by atoms with Gasteiger partial charge in [0.2, 0.25) is 0 Å². The van der Waals surface area contributed by atoms with E-state index in [-0.39, 0.29) is 25.6 Å². The molecular formula is C26H30N2O6. The molecule has 1 fully saturated rings.